The van der Waals surface area contributed by atoms with Crippen LogP contribution in [0.15, 0.2) is 205 Å². The summed E-state index contributed by atoms with van der Waals surface area (Å²) in [6.45, 7) is 35.5. The fourth-order valence-corrected chi connectivity index (χ4v) is 29.4. The van der Waals surface area contributed by atoms with Crippen molar-refractivity contribution in [3.63, 3.8) is 0 Å². The van der Waals surface area contributed by atoms with Gasteiger partial charge in [0.25, 0.3) is 11.4 Å². The molecule has 0 aliphatic heterocycles. The van der Waals surface area contributed by atoms with E-state index in [1.54, 1.807) is 22.7 Å². The molecule has 7 aromatic carbocycles. The zero-order chi connectivity index (χ0) is 90.2. The van der Waals surface area contributed by atoms with Gasteiger partial charge in [0.05, 0.1) is 55.6 Å². The zero-order valence-electron chi connectivity index (χ0n) is 76.9. The van der Waals surface area contributed by atoms with Crippen molar-refractivity contribution >= 4 is 123 Å². The van der Waals surface area contributed by atoms with Gasteiger partial charge >= 0.3 is 0 Å². The molecular weight excluding hydrogens is 1700 g/mol. The Morgan fingerprint density at radius 2 is 0.700 bits per heavy atom. The number of rotatable bonds is 40. The first-order chi connectivity index (χ1) is 63.8. The number of unbranched alkanes of at least 4 members (excludes halogenated alkanes) is 14. The molecule has 658 valence electrons. The lowest BCUT2D eigenvalue weighted by atomic mass is 9.66. The molecule has 0 fully saturated rings. The van der Waals surface area contributed by atoms with Crippen molar-refractivity contribution in [3.05, 3.63) is 336 Å². The summed E-state index contributed by atoms with van der Waals surface area (Å²) in [6.07, 6.45) is 37.8. The molecular formula is C118H118N4O2S6. The lowest BCUT2D eigenvalue weighted by Crippen LogP contribution is -2.29. The first kappa shape index (κ1) is 91.4. The third-order valence-electron chi connectivity index (χ3n) is 28.3. The molecule has 0 saturated carbocycles. The van der Waals surface area contributed by atoms with E-state index in [9.17, 15) is 10.5 Å². The summed E-state index contributed by atoms with van der Waals surface area (Å²) in [5.41, 5.74) is 19.1. The first-order valence-electron chi connectivity index (χ1n) is 48.5. The van der Waals surface area contributed by atoms with Crippen LogP contribution in [0.4, 0.5) is 0 Å². The van der Waals surface area contributed by atoms with Gasteiger partial charge in [-0.25, -0.2) is 20.2 Å². The number of allylic oxidation sites excluding steroid dienone is 6. The molecule has 4 aliphatic carbocycles. The van der Waals surface area contributed by atoms with Crippen LogP contribution >= 0.6 is 68.0 Å². The fourth-order valence-electron chi connectivity index (χ4n) is 21.4. The second-order valence-electron chi connectivity index (χ2n) is 36.6. The smallest absolute Gasteiger partial charge is 0.270 e. The molecule has 0 bridgehead atoms. The molecule has 0 saturated heterocycles. The normalized spacial score (nSPS) is 15.7. The number of carbonyl (C=O) groups excluding carboxylic acids is 2. The Morgan fingerprint density at radius 3 is 1.00 bits per heavy atom. The minimum atomic E-state index is -0.957. The topological polar surface area (TPSA) is 90.4 Å². The molecule has 4 aliphatic rings. The van der Waals surface area contributed by atoms with Crippen LogP contribution in [0.25, 0.3) is 93.6 Å². The summed E-state index contributed by atoms with van der Waals surface area (Å²) in [6, 6.07) is 73.4. The van der Waals surface area contributed by atoms with Crippen LogP contribution in [0.2, 0.25) is 0 Å². The van der Waals surface area contributed by atoms with E-state index >= 15 is 9.59 Å². The van der Waals surface area contributed by atoms with E-state index in [1.807, 2.05) is 106 Å². The number of hydrogen-bond donors (Lipinski definition) is 0. The lowest BCUT2D eigenvalue weighted by molar-refractivity contribution is 0.103. The highest BCUT2D eigenvalue weighted by Crippen LogP contribution is 2.71. The van der Waals surface area contributed by atoms with Crippen molar-refractivity contribution in [1.29, 1.82) is 10.5 Å². The molecule has 13 aromatic rings. The van der Waals surface area contributed by atoms with E-state index in [1.165, 1.54) is 219 Å². The summed E-state index contributed by atoms with van der Waals surface area (Å²) in [4.78, 5) is 50.2. The largest absolute Gasteiger partial charge is 0.289 e. The number of thiophene rings is 6. The Morgan fingerprint density at radius 1 is 0.377 bits per heavy atom. The number of nitrogens with zero attached hydrogens (tertiary/aromatic N) is 4. The van der Waals surface area contributed by atoms with Crippen LogP contribution in [-0.4, -0.2) is 11.6 Å². The summed E-state index contributed by atoms with van der Waals surface area (Å²) in [5, 5.41) is 24.3. The van der Waals surface area contributed by atoms with Crippen LogP contribution < -0.4 is 0 Å². The van der Waals surface area contributed by atoms with Gasteiger partial charge in [-0.2, -0.15) is 0 Å². The highest BCUT2D eigenvalue weighted by atomic mass is 32.1. The maximum Gasteiger partial charge on any atom is 0.270 e. The summed E-state index contributed by atoms with van der Waals surface area (Å²) in [5.74, 6) is 0.680. The SMILES string of the molecule is [C-]#[N+]/C(C#N)=C1\C(=C\c2cc3c(s2)-c2sc4c(-c5ccc(CC(CC)CCCC)s5)c5c6c(sc5c(-c5ccc(CC(CC)CCCC)s5)c4c2C3(c2ccc(CCCCCC)cc2)c2ccc(CCCCCC)cc2)-c2sc(/C=C3\C(=O)c4ccccc4\C3=C(\C#N)[N+]#[C-])cc2C6(c2ccc(CCCCCC)cc2)c2ccc(CCCCCC)cc2)C(=O)c2ccccc21. The number of ketones is 2. The molecule has 2 atom stereocenters. The van der Waals surface area contributed by atoms with E-state index < -0.39 is 10.8 Å². The molecule has 0 radical (unpaired) electrons. The van der Waals surface area contributed by atoms with E-state index in [4.69, 9.17) is 13.1 Å². The van der Waals surface area contributed by atoms with Gasteiger partial charge < -0.3 is 0 Å². The highest BCUT2D eigenvalue weighted by molar-refractivity contribution is 7.30. The molecule has 6 aromatic heterocycles. The molecule has 2 unspecified atom stereocenters. The minimum Gasteiger partial charge on any atom is -0.289 e. The standard InChI is InChI=1S/C118H118N4O2S6/c1-11-19-25-29-39-77-47-55-81(56-48-77)117(82-57-49-78(50-58-82)40-30-26-20-12-2)95-71-87(69-93-101(97(73-119)121-9)89-43-33-35-45-91(89)109(93)123)127-111(95)115-107(117)105-103(99-65-63-85(125-99)67-75(17-7)37-23-15-5)114-106(104(113(105)129-115)100-66-64-86(126-100)68-76(18-8)38-24-16-6)108-116(130-114)112-96(72-88(128-112)70-94-102(98(74-120)122-10)90-44-34-36-46-92(90)110(94)124)118(108,83-59-51-79(52-60-83)41-31-27-21-13-3)84-61-53-80(54-62-84)42-32-28-22-14-4/h33-36,43-66,69-72,75-76H,11-32,37-42,67-68H2,1-8H3/b93-69-,94-70-,101-97-,102-98+. The van der Waals surface area contributed by atoms with E-state index in [-0.39, 0.29) is 23.0 Å². The predicted octanol–water partition coefficient (Wildman–Crippen LogP) is 35.3. The lowest BCUT2D eigenvalue weighted by Gasteiger charge is -2.35. The van der Waals surface area contributed by atoms with Crippen LogP contribution in [0, 0.1) is 47.6 Å². The molecule has 0 spiro atoms. The van der Waals surface area contributed by atoms with Crippen LogP contribution in [0.5, 0.6) is 0 Å². The monoisotopic (exact) mass is 1810 g/mol. The number of benzene rings is 7. The fraction of sp³-hybridized carbons (Fsp3) is 0.356. The van der Waals surface area contributed by atoms with E-state index in [0.717, 1.165) is 121 Å². The Bertz CT molecular complexity index is 6150. The number of aryl methyl sites for hydroxylation is 4. The van der Waals surface area contributed by atoms with Crippen LogP contribution in [0.3, 0.4) is 0 Å². The molecule has 17 rings (SSSR count). The minimum absolute atomic E-state index is 0.0934. The Balaban J connectivity index is 1.05. The number of fused-ring (bicyclic) bond motifs is 12. The van der Waals surface area contributed by atoms with Gasteiger partial charge in [-0.1, -0.05) is 329 Å². The van der Waals surface area contributed by atoms with Gasteiger partial charge in [0.2, 0.25) is 0 Å². The number of Topliss-reactive ketones (excluding diaryl/α,β-unsaturated/α-hetero) is 2. The van der Waals surface area contributed by atoms with Gasteiger partial charge in [-0.05, 0) is 202 Å². The third kappa shape index (κ3) is 17.1. The molecule has 6 heterocycles. The molecule has 0 N–H and O–H groups in total. The second kappa shape index (κ2) is 41.1. The summed E-state index contributed by atoms with van der Waals surface area (Å²) >= 11 is 11.4. The molecule has 12 heteroatoms. The summed E-state index contributed by atoms with van der Waals surface area (Å²) < 4.78 is 2.50. The maximum absolute atomic E-state index is 15.3. The number of nitriles is 2. The Labute approximate surface area is 795 Å². The molecule has 0 amide bonds. The average molecular weight is 1820 g/mol. The summed E-state index contributed by atoms with van der Waals surface area (Å²) in [7, 11) is 0. The van der Waals surface area contributed by atoms with E-state index in [0.29, 0.717) is 56.4 Å². The van der Waals surface area contributed by atoms with Gasteiger partial charge in [0.1, 0.15) is 0 Å². The van der Waals surface area contributed by atoms with Crippen molar-refractivity contribution in [2.24, 2.45) is 11.8 Å². The Kier molecular flexibility index (Phi) is 28.9. The van der Waals surface area contributed by atoms with Crippen molar-refractivity contribution < 1.29 is 9.59 Å². The quantitative estimate of drug-likeness (QED) is 0.0166. The van der Waals surface area contributed by atoms with Crippen molar-refractivity contribution in [2.75, 3.05) is 0 Å². The van der Waals surface area contributed by atoms with Crippen molar-refractivity contribution in [1.82, 2.24) is 0 Å². The average Bonchev–Trinajstić information content (AvgIpc) is 1.48. The van der Waals surface area contributed by atoms with Gasteiger partial charge in [0.15, 0.2) is 11.6 Å². The third-order valence-corrected chi connectivity index (χ3v) is 35.5. The highest BCUT2D eigenvalue weighted by Gasteiger charge is 2.55. The second-order valence-corrected chi connectivity index (χ2v) is 43.2. The van der Waals surface area contributed by atoms with Crippen molar-refractivity contribution in [3.8, 4) is 52.5 Å². The Hall–Kier alpha value is -10.5. The number of carbonyl (C=O) groups is 2. The van der Waals surface area contributed by atoms with Gasteiger partial charge in [0, 0.05) is 94.0 Å². The van der Waals surface area contributed by atoms with E-state index in [2.05, 4.69) is 211 Å². The molecule has 6 nitrogen and oxygen atoms in total. The molecule has 130 heavy (non-hydrogen) atoms. The van der Waals surface area contributed by atoms with Crippen molar-refractivity contribution in [2.45, 2.75) is 259 Å². The zero-order valence-corrected chi connectivity index (χ0v) is 81.8. The van der Waals surface area contributed by atoms with Gasteiger partial charge in [-0.3, -0.25) is 9.59 Å². The van der Waals surface area contributed by atoms with Crippen LogP contribution in [-0.2, 0) is 49.4 Å². The number of hydrogen-bond acceptors (Lipinski definition) is 10. The van der Waals surface area contributed by atoms with Gasteiger partial charge in [-0.15, -0.1) is 68.0 Å². The first-order valence-corrected chi connectivity index (χ1v) is 53.4. The maximum atomic E-state index is 15.3. The predicted molar refractivity (Wildman–Crippen MR) is 555 cm³/mol. The van der Waals surface area contributed by atoms with Crippen LogP contribution in [0.1, 0.15) is 328 Å².